The van der Waals surface area contributed by atoms with Crippen LogP contribution < -0.4 is 10.5 Å². The molecule has 1 aliphatic carbocycles. The number of nitrogen functional groups attached to an aromatic ring is 1. The van der Waals surface area contributed by atoms with Crippen LogP contribution in [0.4, 0.5) is 5.69 Å². The molecule has 1 fully saturated rings. The average molecular weight is 305 g/mol. The minimum Gasteiger partial charge on any atom is -0.398 e. The van der Waals surface area contributed by atoms with Crippen molar-refractivity contribution in [3.63, 3.8) is 0 Å². The Labute approximate surface area is 117 Å². The fourth-order valence-electron chi connectivity index (χ4n) is 1.85. The topological polar surface area (TPSA) is 92.4 Å². The van der Waals surface area contributed by atoms with Crippen molar-refractivity contribution in [1.29, 1.82) is 0 Å². The van der Waals surface area contributed by atoms with Crippen LogP contribution in [0.1, 0.15) is 18.4 Å². The Balaban J connectivity index is 2.25. The van der Waals surface area contributed by atoms with E-state index in [1.165, 1.54) is 12.1 Å². The highest BCUT2D eigenvalue weighted by molar-refractivity contribution is 7.89. The first-order valence-electron chi connectivity index (χ1n) is 5.96. The third-order valence-electron chi connectivity index (χ3n) is 3.58. The summed E-state index contributed by atoms with van der Waals surface area (Å²) in [5.41, 5.74) is 6.26. The molecule has 0 radical (unpaired) electrons. The molecule has 7 heteroatoms. The molecule has 1 aliphatic rings. The lowest BCUT2D eigenvalue weighted by atomic mass is 10.1. The van der Waals surface area contributed by atoms with Crippen LogP contribution in [0.3, 0.4) is 0 Å². The predicted octanol–water partition coefficient (Wildman–Crippen LogP) is 1.28. The normalized spacial score (nSPS) is 17.4. The maximum atomic E-state index is 12.2. The monoisotopic (exact) mass is 304 g/mol. The van der Waals surface area contributed by atoms with Gasteiger partial charge in [0.05, 0.1) is 4.90 Å². The van der Waals surface area contributed by atoms with Crippen LogP contribution in [0, 0.1) is 12.3 Å². The fraction of sp³-hybridized carbons (Fsp3) is 0.500. The summed E-state index contributed by atoms with van der Waals surface area (Å²) in [6.45, 7) is 1.86. The number of rotatable bonds is 5. The summed E-state index contributed by atoms with van der Waals surface area (Å²) >= 11 is 5.85. The van der Waals surface area contributed by atoms with E-state index in [2.05, 4.69) is 4.72 Å². The first-order chi connectivity index (χ1) is 8.80. The predicted molar refractivity (Wildman–Crippen MR) is 74.5 cm³/mol. The minimum atomic E-state index is -3.66. The number of nitrogens with two attached hydrogens (primary N) is 1. The zero-order chi connectivity index (χ0) is 14.3. The second-order valence-electron chi connectivity index (χ2n) is 5.10. The Morgan fingerprint density at radius 3 is 2.63 bits per heavy atom. The number of sulfonamides is 1. The molecule has 5 nitrogen and oxygen atoms in total. The smallest absolute Gasteiger partial charge is 0.240 e. The Morgan fingerprint density at radius 2 is 2.11 bits per heavy atom. The van der Waals surface area contributed by atoms with Crippen LogP contribution in [0.25, 0.3) is 0 Å². The zero-order valence-corrected chi connectivity index (χ0v) is 12.2. The number of aliphatic hydroxyl groups excluding tert-OH is 1. The van der Waals surface area contributed by atoms with E-state index in [1.54, 1.807) is 6.92 Å². The van der Waals surface area contributed by atoms with Crippen LogP contribution in [0.5, 0.6) is 0 Å². The van der Waals surface area contributed by atoms with Crippen LogP contribution in [0.15, 0.2) is 17.0 Å². The second-order valence-corrected chi connectivity index (χ2v) is 7.27. The van der Waals surface area contributed by atoms with Crippen LogP contribution >= 0.6 is 11.6 Å². The summed E-state index contributed by atoms with van der Waals surface area (Å²) in [4.78, 5) is 0.0891. The quantitative estimate of drug-likeness (QED) is 0.715. The molecule has 1 aromatic carbocycles. The van der Waals surface area contributed by atoms with Gasteiger partial charge < -0.3 is 10.8 Å². The molecule has 2 rings (SSSR count). The molecular weight excluding hydrogens is 288 g/mol. The van der Waals surface area contributed by atoms with Crippen molar-refractivity contribution in [2.24, 2.45) is 5.41 Å². The summed E-state index contributed by atoms with van der Waals surface area (Å²) in [5, 5.41) is 9.47. The van der Waals surface area contributed by atoms with Gasteiger partial charge in [0, 0.05) is 29.3 Å². The highest BCUT2D eigenvalue weighted by Crippen LogP contribution is 2.44. The van der Waals surface area contributed by atoms with Crippen molar-refractivity contribution in [2.75, 3.05) is 18.9 Å². The Kier molecular flexibility index (Phi) is 3.79. The van der Waals surface area contributed by atoms with Crippen molar-refractivity contribution >= 4 is 27.3 Å². The lowest BCUT2D eigenvalue weighted by Gasteiger charge is -2.15. The molecule has 4 N–H and O–H groups in total. The number of anilines is 1. The summed E-state index contributed by atoms with van der Waals surface area (Å²) in [6.07, 6.45) is 1.67. The number of benzene rings is 1. The summed E-state index contributed by atoms with van der Waals surface area (Å²) in [7, 11) is -3.66. The van der Waals surface area contributed by atoms with Crippen molar-refractivity contribution < 1.29 is 13.5 Å². The second kappa shape index (κ2) is 4.94. The molecule has 0 aliphatic heterocycles. The Bertz CT molecular complexity index is 597. The molecule has 0 amide bonds. The van der Waals surface area contributed by atoms with Gasteiger partial charge in [0.15, 0.2) is 0 Å². The molecule has 19 heavy (non-hydrogen) atoms. The highest BCUT2D eigenvalue weighted by atomic mass is 35.5. The van der Waals surface area contributed by atoms with Gasteiger partial charge in [0.2, 0.25) is 10.0 Å². The summed E-state index contributed by atoms with van der Waals surface area (Å²) < 4.78 is 27.0. The summed E-state index contributed by atoms with van der Waals surface area (Å²) in [5.74, 6) is 0. The van der Waals surface area contributed by atoms with Crippen LogP contribution in [-0.2, 0) is 10.0 Å². The van der Waals surface area contributed by atoms with Crippen molar-refractivity contribution in [1.82, 2.24) is 4.72 Å². The first kappa shape index (κ1) is 14.6. The lowest BCUT2D eigenvalue weighted by Crippen LogP contribution is -2.32. The average Bonchev–Trinajstić information content (AvgIpc) is 3.12. The van der Waals surface area contributed by atoms with E-state index < -0.39 is 10.0 Å². The maximum Gasteiger partial charge on any atom is 0.240 e. The van der Waals surface area contributed by atoms with Gasteiger partial charge in [-0.05, 0) is 37.5 Å². The zero-order valence-electron chi connectivity index (χ0n) is 10.6. The number of halogens is 1. The van der Waals surface area contributed by atoms with Crippen molar-refractivity contribution in [3.8, 4) is 0 Å². The standard InChI is InChI=1S/C12H17ClN2O3S/c1-8-10(14)4-9(13)5-11(8)19(17,18)15-6-12(7-16)2-3-12/h4-5,15-16H,2-3,6-7,14H2,1H3. The highest BCUT2D eigenvalue weighted by Gasteiger charge is 2.42. The van der Waals surface area contributed by atoms with E-state index >= 15 is 0 Å². The Morgan fingerprint density at radius 1 is 1.47 bits per heavy atom. The van der Waals surface area contributed by atoms with Gasteiger partial charge in [0.25, 0.3) is 0 Å². The molecule has 0 saturated heterocycles. The van der Waals surface area contributed by atoms with Gasteiger partial charge in [0.1, 0.15) is 0 Å². The minimum absolute atomic E-state index is 0.00775. The number of hydrogen-bond donors (Lipinski definition) is 3. The van der Waals surface area contributed by atoms with E-state index in [-0.39, 0.29) is 28.5 Å². The third kappa shape index (κ3) is 3.02. The molecule has 0 bridgehead atoms. The molecular formula is C12H17ClN2O3S. The van der Waals surface area contributed by atoms with Gasteiger partial charge in [-0.3, -0.25) is 0 Å². The van der Waals surface area contributed by atoms with E-state index in [1.807, 2.05) is 0 Å². The van der Waals surface area contributed by atoms with Gasteiger partial charge in [-0.15, -0.1) is 0 Å². The summed E-state index contributed by atoms with van der Waals surface area (Å²) in [6, 6.07) is 2.90. The van der Waals surface area contributed by atoms with Gasteiger partial charge in [-0.1, -0.05) is 11.6 Å². The number of hydrogen-bond acceptors (Lipinski definition) is 4. The van der Waals surface area contributed by atoms with E-state index in [9.17, 15) is 13.5 Å². The van der Waals surface area contributed by atoms with E-state index in [4.69, 9.17) is 17.3 Å². The van der Waals surface area contributed by atoms with Crippen molar-refractivity contribution in [3.05, 3.63) is 22.7 Å². The van der Waals surface area contributed by atoms with Crippen LogP contribution in [-0.4, -0.2) is 26.7 Å². The first-order valence-corrected chi connectivity index (χ1v) is 7.82. The SMILES string of the molecule is Cc1c(N)cc(Cl)cc1S(=O)(=O)NCC1(CO)CC1. The van der Waals surface area contributed by atoms with E-state index in [0.29, 0.717) is 11.3 Å². The lowest BCUT2D eigenvalue weighted by molar-refractivity contribution is 0.213. The Hall–Kier alpha value is -0.820. The number of aliphatic hydroxyl groups is 1. The van der Waals surface area contributed by atoms with Crippen molar-refractivity contribution in [2.45, 2.75) is 24.7 Å². The molecule has 0 atom stereocenters. The van der Waals surface area contributed by atoms with E-state index in [0.717, 1.165) is 12.8 Å². The molecule has 1 saturated carbocycles. The van der Waals surface area contributed by atoms with Gasteiger partial charge >= 0.3 is 0 Å². The molecule has 106 valence electrons. The molecule has 1 aromatic rings. The fourth-order valence-corrected chi connectivity index (χ4v) is 3.59. The maximum absolute atomic E-state index is 12.2. The largest absolute Gasteiger partial charge is 0.398 e. The third-order valence-corrected chi connectivity index (χ3v) is 5.33. The van der Waals surface area contributed by atoms with Gasteiger partial charge in [-0.25, -0.2) is 13.1 Å². The molecule has 0 heterocycles. The van der Waals surface area contributed by atoms with Gasteiger partial charge in [-0.2, -0.15) is 0 Å². The molecule has 0 aromatic heterocycles. The number of nitrogens with one attached hydrogen (secondary N) is 1. The van der Waals surface area contributed by atoms with Crippen LogP contribution in [0.2, 0.25) is 5.02 Å². The molecule has 0 unspecified atom stereocenters. The molecule has 0 spiro atoms.